The number of anilines is 1. The Hall–Kier alpha value is -3.22. The third kappa shape index (κ3) is 5.88. The summed E-state index contributed by atoms with van der Waals surface area (Å²) >= 11 is 0. The number of amides is 2. The summed E-state index contributed by atoms with van der Waals surface area (Å²) in [4.78, 5) is 22.5. The summed E-state index contributed by atoms with van der Waals surface area (Å²) in [6.45, 7) is 1.20. The number of nitrogens with zero attached hydrogens (tertiary/aromatic N) is 1. The Kier molecular flexibility index (Phi) is 6.01. The fourth-order valence-electron chi connectivity index (χ4n) is 1.75. The van der Waals surface area contributed by atoms with Gasteiger partial charge < -0.3 is 10.1 Å². The highest BCUT2D eigenvalue weighted by molar-refractivity contribution is 5.89. The van der Waals surface area contributed by atoms with Crippen LogP contribution in [-0.4, -0.2) is 24.6 Å². The molecule has 2 rings (SSSR count). The van der Waals surface area contributed by atoms with E-state index in [0.717, 1.165) is 5.56 Å². The minimum atomic E-state index is -0.439. The highest BCUT2D eigenvalue weighted by Crippen LogP contribution is 2.10. The second-order valence-corrected chi connectivity index (χ2v) is 4.84. The number of benzene rings is 2. The molecule has 0 atom stereocenters. The lowest BCUT2D eigenvalue weighted by molar-refractivity contribution is -0.123. The zero-order valence-corrected chi connectivity index (χ0v) is 13.0. The molecular formula is C17H16FN3O3. The van der Waals surface area contributed by atoms with Crippen molar-refractivity contribution < 1.29 is 18.7 Å². The van der Waals surface area contributed by atoms with Gasteiger partial charge in [-0.2, -0.15) is 5.10 Å². The third-order valence-corrected chi connectivity index (χ3v) is 2.82. The van der Waals surface area contributed by atoms with Crippen molar-refractivity contribution in [1.82, 2.24) is 5.43 Å². The Morgan fingerprint density at radius 2 is 1.79 bits per heavy atom. The largest absolute Gasteiger partial charge is 0.484 e. The van der Waals surface area contributed by atoms with Crippen LogP contribution in [0.5, 0.6) is 5.75 Å². The van der Waals surface area contributed by atoms with Crippen LogP contribution in [0.3, 0.4) is 0 Å². The van der Waals surface area contributed by atoms with Gasteiger partial charge >= 0.3 is 0 Å². The molecule has 2 aromatic rings. The maximum Gasteiger partial charge on any atom is 0.277 e. The van der Waals surface area contributed by atoms with E-state index < -0.39 is 5.91 Å². The summed E-state index contributed by atoms with van der Waals surface area (Å²) in [7, 11) is 0. The predicted molar refractivity (Wildman–Crippen MR) is 88.4 cm³/mol. The molecule has 0 aromatic heterocycles. The van der Waals surface area contributed by atoms with Gasteiger partial charge in [0.05, 0.1) is 6.21 Å². The Morgan fingerprint density at radius 1 is 1.12 bits per heavy atom. The Labute approximate surface area is 138 Å². The molecule has 0 saturated carbocycles. The minimum Gasteiger partial charge on any atom is -0.484 e. The summed E-state index contributed by atoms with van der Waals surface area (Å²) in [5, 5.41) is 6.46. The first kappa shape index (κ1) is 17.1. The highest BCUT2D eigenvalue weighted by Gasteiger charge is 2.01. The van der Waals surface area contributed by atoms with E-state index in [1.165, 1.54) is 37.4 Å². The van der Waals surface area contributed by atoms with Gasteiger partial charge in [-0.3, -0.25) is 9.59 Å². The molecular weight excluding hydrogens is 313 g/mol. The van der Waals surface area contributed by atoms with Gasteiger partial charge in [-0.1, -0.05) is 12.1 Å². The lowest BCUT2D eigenvalue weighted by Crippen LogP contribution is -2.24. The van der Waals surface area contributed by atoms with Crippen LogP contribution in [0.25, 0.3) is 0 Å². The molecule has 2 aromatic carbocycles. The number of halogens is 1. The molecule has 124 valence electrons. The van der Waals surface area contributed by atoms with Gasteiger partial charge in [-0.05, 0) is 42.0 Å². The van der Waals surface area contributed by atoms with Crippen LogP contribution in [0.4, 0.5) is 10.1 Å². The van der Waals surface area contributed by atoms with Gasteiger partial charge in [0, 0.05) is 12.6 Å². The van der Waals surface area contributed by atoms with Crippen molar-refractivity contribution in [2.45, 2.75) is 6.92 Å². The molecule has 0 bridgehead atoms. The predicted octanol–water partition coefficient (Wildman–Crippen LogP) is 2.31. The molecule has 0 aliphatic rings. The zero-order valence-electron chi connectivity index (χ0n) is 13.0. The van der Waals surface area contributed by atoms with Crippen molar-refractivity contribution in [2.75, 3.05) is 11.9 Å². The Morgan fingerprint density at radius 3 is 2.42 bits per heavy atom. The first-order valence-corrected chi connectivity index (χ1v) is 7.11. The van der Waals surface area contributed by atoms with E-state index in [1.54, 1.807) is 24.3 Å². The average Bonchev–Trinajstić information content (AvgIpc) is 2.55. The number of hydrazone groups is 1. The number of carbonyl (C=O) groups excluding carboxylic acids is 2. The summed E-state index contributed by atoms with van der Waals surface area (Å²) in [5.41, 5.74) is 3.75. The molecule has 0 fully saturated rings. The first-order valence-electron chi connectivity index (χ1n) is 7.11. The number of hydrogen-bond acceptors (Lipinski definition) is 4. The van der Waals surface area contributed by atoms with Crippen molar-refractivity contribution in [3.63, 3.8) is 0 Å². The molecule has 0 heterocycles. The summed E-state index contributed by atoms with van der Waals surface area (Å²) in [5.74, 6) is -0.569. The van der Waals surface area contributed by atoms with Crippen molar-refractivity contribution in [3.8, 4) is 5.75 Å². The van der Waals surface area contributed by atoms with Gasteiger partial charge in [-0.15, -0.1) is 0 Å². The van der Waals surface area contributed by atoms with E-state index >= 15 is 0 Å². The molecule has 0 aliphatic carbocycles. The van der Waals surface area contributed by atoms with Gasteiger partial charge in [-0.25, -0.2) is 9.82 Å². The number of carbonyl (C=O) groups is 2. The molecule has 0 unspecified atom stereocenters. The van der Waals surface area contributed by atoms with Crippen LogP contribution in [0.1, 0.15) is 12.5 Å². The molecule has 2 amide bonds. The van der Waals surface area contributed by atoms with Crippen LogP contribution >= 0.6 is 0 Å². The molecule has 0 saturated heterocycles. The van der Waals surface area contributed by atoms with E-state index in [4.69, 9.17) is 4.74 Å². The average molecular weight is 329 g/mol. The maximum atomic E-state index is 12.7. The second-order valence-electron chi connectivity index (χ2n) is 4.84. The van der Waals surface area contributed by atoms with Gasteiger partial charge in [0.1, 0.15) is 11.6 Å². The zero-order chi connectivity index (χ0) is 17.4. The van der Waals surface area contributed by atoms with Crippen LogP contribution in [0.15, 0.2) is 53.6 Å². The maximum absolute atomic E-state index is 12.7. The fraction of sp³-hybridized carbons (Fsp3) is 0.118. The van der Waals surface area contributed by atoms with Crippen molar-refractivity contribution in [2.24, 2.45) is 5.10 Å². The monoisotopic (exact) mass is 329 g/mol. The smallest absolute Gasteiger partial charge is 0.277 e. The molecule has 24 heavy (non-hydrogen) atoms. The number of rotatable bonds is 6. The van der Waals surface area contributed by atoms with E-state index in [9.17, 15) is 14.0 Å². The molecule has 0 spiro atoms. The highest BCUT2D eigenvalue weighted by atomic mass is 19.1. The quantitative estimate of drug-likeness (QED) is 0.630. The molecule has 0 radical (unpaired) electrons. The fourth-order valence-corrected chi connectivity index (χ4v) is 1.75. The third-order valence-electron chi connectivity index (χ3n) is 2.82. The topological polar surface area (TPSA) is 79.8 Å². The first-order chi connectivity index (χ1) is 11.5. The Balaban J connectivity index is 1.77. The van der Waals surface area contributed by atoms with E-state index in [-0.39, 0.29) is 18.3 Å². The lowest BCUT2D eigenvalue weighted by Gasteiger charge is -2.04. The molecule has 6 nitrogen and oxygen atoms in total. The van der Waals surface area contributed by atoms with Crippen molar-refractivity contribution in [3.05, 3.63) is 59.9 Å². The normalized spacial score (nSPS) is 10.4. The minimum absolute atomic E-state index is 0.148. The Bertz CT molecular complexity index is 728. The van der Waals surface area contributed by atoms with Crippen LogP contribution in [-0.2, 0) is 9.59 Å². The summed E-state index contributed by atoms with van der Waals surface area (Å²) < 4.78 is 17.9. The van der Waals surface area contributed by atoms with E-state index in [2.05, 4.69) is 15.8 Å². The van der Waals surface area contributed by atoms with E-state index in [0.29, 0.717) is 11.4 Å². The van der Waals surface area contributed by atoms with Crippen molar-refractivity contribution >= 4 is 23.7 Å². The number of nitrogens with one attached hydrogen (secondary N) is 2. The lowest BCUT2D eigenvalue weighted by atomic mass is 10.2. The molecule has 0 aliphatic heterocycles. The van der Waals surface area contributed by atoms with Gasteiger partial charge in [0.15, 0.2) is 6.61 Å². The van der Waals surface area contributed by atoms with Crippen molar-refractivity contribution in [1.29, 1.82) is 0 Å². The van der Waals surface area contributed by atoms with Gasteiger partial charge in [0.2, 0.25) is 5.91 Å². The number of ether oxygens (including phenoxy) is 1. The van der Waals surface area contributed by atoms with Gasteiger partial charge in [0.25, 0.3) is 5.91 Å². The number of hydrogen-bond donors (Lipinski definition) is 2. The SMILES string of the molecule is CC(=O)Nc1ccc(/C=N/NC(=O)COc2ccc(F)cc2)cc1. The van der Waals surface area contributed by atoms with Crippen LogP contribution < -0.4 is 15.5 Å². The van der Waals surface area contributed by atoms with Crippen LogP contribution in [0.2, 0.25) is 0 Å². The van der Waals surface area contributed by atoms with E-state index in [1.807, 2.05) is 0 Å². The molecule has 7 heteroatoms. The summed E-state index contributed by atoms with van der Waals surface area (Å²) in [6.07, 6.45) is 1.47. The molecule has 2 N–H and O–H groups in total. The second kappa shape index (κ2) is 8.42. The summed E-state index contributed by atoms with van der Waals surface area (Å²) in [6, 6.07) is 12.3. The van der Waals surface area contributed by atoms with Crippen LogP contribution in [0, 0.1) is 5.82 Å². The standard InChI is InChI=1S/C17H16FN3O3/c1-12(22)20-15-6-2-13(3-7-15)10-19-21-17(23)11-24-16-8-4-14(18)5-9-16/h2-10H,11H2,1H3,(H,20,22)(H,21,23)/b19-10+.